The topological polar surface area (TPSA) is 9.23 Å². The second kappa shape index (κ2) is 7.90. The van der Waals surface area contributed by atoms with Gasteiger partial charge in [-0.05, 0) is 48.8 Å². The minimum Gasteiger partial charge on any atom is -0.496 e. The Kier molecular flexibility index (Phi) is 5.83. The highest BCUT2D eigenvalue weighted by Crippen LogP contribution is 2.22. The van der Waals surface area contributed by atoms with E-state index in [1.165, 1.54) is 29.1 Å². The molecule has 0 fully saturated rings. The van der Waals surface area contributed by atoms with Crippen LogP contribution in [0.15, 0.2) is 59.5 Å². The van der Waals surface area contributed by atoms with E-state index in [2.05, 4.69) is 42.5 Å². The van der Waals surface area contributed by atoms with Crippen LogP contribution in [-0.2, 0) is 6.42 Å². The van der Waals surface area contributed by atoms with Gasteiger partial charge in [0.15, 0.2) is 0 Å². The first-order chi connectivity index (χ1) is 9.40. The van der Waals surface area contributed by atoms with Gasteiger partial charge in [-0.3, -0.25) is 0 Å². The van der Waals surface area contributed by atoms with Gasteiger partial charge in [0, 0.05) is 4.90 Å². The van der Waals surface area contributed by atoms with E-state index in [1.54, 1.807) is 7.11 Å². The molecule has 0 spiro atoms. The Balaban J connectivity index is 1.69. The number of hydrogen-bond acceptors (Lipinski definition) is 2. The first kappa shape index (κ1) is 14.0. The third-order valence-electron chi connectivity index (χ3n) is 3.04. The summed E-state index contributed by atoms with van der Waals surface area (Å²) < 4.78 is 5.37. The molecule has 2 aromatic rings. The molecule has 19 heavy (non-hydrogen) atoms. The number of para-hydroxylation sites is 1. The third-order valence-corrected chi connectivity index (χ3v) is 4.14. The van der Waals surface area contributed by atoms with Gasteiger partial charge in [0.2, 0.25) is 0 Å². The molecule has 0 unspecified atom stereocenters. The van der Waals surface area contributed by atoms with Gasteiger partial charge in [-0.25, -0.2) is 0 Å². The molecule has 0 saturated carbocycles. The van der Waals surface area contributed by atoms with Crippen molar-refractivity contribution in [1.82, 2.24) is 0 Å². The maximum atomic E-state index is 5.37. The molecule has 0 heterocycles. The van der Waals surface area contributed by atoms with Gasteiger partial charge >= 0.3 is 0 Å². The van der Waals surface area contributed by atoms with Crippen LogP contribution in [0.1, 0.15) is 18.4 Å². The van der Waals surface area contributed by atoms with Crippen LogP contribution in [0.2, 0.25) is 0 Å². The van der Waals surface area contributed by atoms with Crippen LogP contribution in [0.4, 0.5) is 0 Å². The van der Waals surface area contributed by atoms with Crippen molar-refractivity contribution in [3.05, 3.63) is 60.2 Å². The van der Waals surface area contributed by atoms with Crippen LogP contribution in [0, 0.1) is 0 Å². The summed E-state index contributed by atoms with van der Waals surface area (Å²) >= 11 is 1.93. The highest BCUT2D eigenvalue weighted by atomic mass is 32.2. The van der Waals surface area contributed by atoms with Crippen molar-refractivity contribution in [3.63, 3.8) is 0 Å². The normalized spacial score (nSPS) is 10.4. The number of ether oxygens (including phenoxy) is 1. The summed E-state index contributed by atoms with van der Waals surface area (Å²) in [4.78, 5) is 1.36. The van der Waals surface area contributed by atoms with E-state index < -0.39 is 0 Å². The fraction of sp³-hybridized carbons (Fsp3) is 0.294. The lowest BCUT2D eigenvalue weighted by molar-refractivity contribution is 0.409. The molecule has 0 aliphatic rings. The van der Waals surface area contributed by atoms with Gasteiger partial charge in [0.05, 0.1) is 7.11 Å². The van der Waals surface area contributed by atoms with Gasteiger partial charge in [-0.1, -0.05) is 36.4 Å². The number of benzene rings is 2. The van der Waals surface area contributed by atoms with Crippen molar-refractivity contribution >= 4 is 11.8 Å². The SMILES string of the molecule is COc1ccccc1CCCCSc1ccccc1. The molecule has 0 radical (unpaired) electrons. The summed E-state index contributed by atoms with van der Waals surface area (Å²) in [6.45, 7) is 0. The molecular weight excluding hydrogens is 252 g/mol. The maximum Gasteiger partial charge on any atom is 0.122 e. The minimum absolute atomic E-state index is 1.01. The second-order valence-corrected chi connectivity index (χ2v) is 5.60. The smallest absolute Gasteiger partial charge is 0.122 e. The molecule has 0 saturated heterocycles. The van der Waals surface area contributed by atoms with E-state index in [-0.39, 0.29) is 0 Å². The van der Waals surface area contributed by atoms with Crippen LogP contribution in [-0.4, -0.2) is 12.9 Å². The second-order valence-electron chi connectivity index (χ2n) is 4.43. The molecule has 2 heteroatoms. The Bertz CT molecular complexity index is 482. The fourth-order valence-electron chi connectivity index (χ4n) is 2.03. The highest BCUT2D eigenvalue weighted by Gasteiger charge is 2.01. The molecule has 0 bridgehead atoms. The van der Waals surface area contributed by atoms with E-state index >= 15 is 0 Å². The molecule has 100 valence electrons. The van der Waals surface area contributed by atoms with E-state index in [4.69, 9.17) is 4.74 Å². The number of methoxy groups -OCH3 is 1. The average molecular weight is 272 g/mol. The van der Waals surface area contributed by atoms with Gasteiger partial charge in [0.1, 0.15) is 5.75 Å². The first-order valence-corrected chi connectivity index (χ1v) is 7.68. The van der Waals surface area contributed by atoms with Crippen LogP contribution >= 0.6 is 11.8 Å². The number of aryl methyl sites for hydroxylation is 1. The first-order valence-electron chi connectivity index (χ1n) is 6.70. The lowest BCUT2D eigenvalue weighted by Crippen LogP contribution is -1.92. The Labute approximate surface area is 120 Å². The van der Waals surface area contributed by atoms with Crippen molar-refractivity contribution in [1.29, 1.82) is 0 Å². The quantitative estimate of drug-likeness (QED) is 0.528. The zero-order valence-electron chi connectivity index (χ0n) is 11.3. The van der Waals surface area contributed by atoms with Gasteiger partial charge in [-0.15, -0.1) is 11.8 Å². The van der Waals surface area contributed by atoms with Crippen molar-refractivity contribution in [2.75, 3.05) is 12.9 Å². The van der Waals surface area contributed by atoms with Gasteiger partial charge < -0.3 is 4.74 Å². The van der Waals surface area contributed by atoms with Crippen LogP contribution in [0.25, 0.3) is 0 Å². The molecule has 0 aliphatic heterocycles. The molecule has 0 N–H and O–H groups in total. The standard InChI is InChI=1S/C17H20OS/c1-18-17-13-6-5-9-15(17)10-7-8-14-19-16-11-3-2-4-12-16/h2-6,9,11-13H,7-8,10,14H2,1H3. The lowest BCUT2D eigenvalue weighted by Gasteiger charge is -2.07. The molecule has 2 rings (SSSR count). The van der Waals surface area contributed by atoms with Crippen molar-refractivity contribution in [3.8, 4) is 5.75 Å². The van der Waals surface area contributed by atoms with E-state index in [1.807, 2.05) is 23.9 Å². The number of unbranched alkanes of at least 4 members (excludes halogenated alkanes) is 1. The third kappa shape index (κ3) is 4.64. The van der Waals surface area contributed by atoms with Crippen LogP contribution < -0.4 is 4.74 Å². The molecule has 0 atom stereocenters. The maximum absolute atomic E-state index is 5.37. The largest absolute Gasteiger partial charge is 0.496 e. The van der Waals surface area contributed by atoms with Crippen molar-refractivity contribution in [2.45, 2.75) is 24.2 Å². The van der Waals surface area contributed by atoms with Gasteiger partial charge in [0.25, 0.3) is 0 Å². The summed E-state index contributed by atoms with van der Waals surface area (Å²) in [5.74, 6) is 2.19. The fourth-order valence-corrected chi connectivity index (χ4v) is 2.97. The van der Waals surface area contributed by atoms with Crippen molar-refractivity contribution < 1.29 is 4.74 Å². The predicted molar refractivity (Wildman–Crippen MR) is 83.1 cm³/mol. The highest BCUT2D eigenvalue weighted by molar-refractivity contribution is 7.99. The Hall–Kier alpha value is -1.41. The predicted octanol–water partition coefficient (Wildman–Crippen LogP) is 4.81. The Morgan fingerprint density at radius 3 is 2.42 bits per heavy atom. The number of thioether (sulfide) groups is 1. The van der Waals surface area contributed by atoms with E-state index in [0.29, 0.717) is 0 Å². The molecule has 0 amide bonds. The molecule has 0 aromatic heterocycles. The van der Waals surface area contributed by atoms with E-state index in [9.17, 15) is 0 Å². The summed E-state index contributed by atoms with van der Waals surface area (Å²) in [6.07, 6.45) is 3.54. The average Bonchev–Trinajstić information content (AvgIpc) is 2.48. The Morgan fingerprint density at radius 1 is 0.895 bits per heavy atom. The monoisotopic (exact) mass is 272 g/mol. The summed E-state index contributed by atoms with van der Waals surface area (Å²) in [5, 5.41) is 0. The summed E-state index contributed by atoms with van der Waals surface area (Å²) in [7, 11) is 1.74. The number of rotatable bonds is 7. The zero-order valence-corrected chi connectivity index (χ0v) is 12.2. The van der Waals surface area contributed by atoms with E-state index in [0.717, 1.165) is 12.2 Å². The molecule has 0 aliphatic carbocycles. The molecule has 1 nitrogen and oxygen atoms in total. The minimum atomic E-state index is 1.01. The van der Waals surface area contributed by atoms with Crippen LogP contribution in [0.5, 0.6) is 5.75 Å². The molecular formula is C17H20OS. The van der Waals surface area contributed by atoms with Crippen molar-refractivity contribution in [2.24, 2.45) is 0 Å². The van der Waals surface area contributed by atoms with Crippen LogP contribution in [0.3, 0.4) is 0 Å². The Morgan fingerprint density at radius 2 is 1.63 bits per heavy atom. The lowest BCUT2D eigenvalue weighted by atomic mass is 10.1. The number of hydrogen-bond donors (Lipinski definition) is 0. The van der Waals surface area contributed by atoms with Gasteiger partial charge in [-0.2, -0.15) is 0 Å². The zero-order chi connectivity index (χ0) is 13.3. The molecule has 2 aromatic carbocycles. The summed E-state index contributed by atoms with van der Waals surface area (Å²) in [6, 6.07) is 18.9. The summed E-state index contributed by atoms with van der Waals surface area (Å²) in [5.41, 5.74) is 1.31.